The maximum absolute atomic E-state index is 13.1. The van der Waals surface area contributed by atoms with Gasteiger partial charge in [0.05, 0.1) is 5.56 Å². The van der Waals surface area contributed by atoms with Crippen molar-refractivity contribution < 1.29 is 23.1 Å². The fourth-order valence-corrected chi connectivity index (χ4v) is 2.04. The summed E-state index contributed by atoms with van der Waals surface area (Å²) in [6.07, 6.45) is -4.74. The van der Waals surface area contributed by atoms with E-state index in [2.05, 4.69) is 15.9 Å². The van der Waals surface area contributed by atoms with Crippen LogP contribution < -0.4 is 0 Å². The molecule has 0 saturated carbocycles. The molecule has 22 heavy (non-hydrogen) atoms. The zero-order chi connectivity index (χ0) is 17.3. The number of hydrogen-bond acceptors (Lipinski definition) is 3. The lowest BCUT2D eigenvalue weighted by Gasteiger charge is -2.18. The molecule has 0 heterocycles. The Morgan fingerprint density at radius 3 is 2.23 bits per heavy atom. The Kier molecular flexibility index (Phi) is 5.08. The number of rotatable bonds is 2. The Bertz CT molecular complexity index is 679. The number of allylic oxidation sites excluding steroid dienone is 1. The van der Waals surface area contributed by atoms with E-state index >= 15 is 0 Å². The van der Waals surface area contributed by atoms with Crippen molar-refractivity contribution in [2.75, 3.05) is 0 Å². The Balaban J connectivity index is 3.64. The van der Waals surface area contributed by atoms with Crippen LogP contribution in [0, 0.1) is 16.7 Å². The molecule has 1 rings (SSSR count). The minimum atomic E-state index is -4.74. The van der Waals surface area contributed by atoms with Gasteiger partial charge in [0.2, 0.25) is 0 Å². The van der Waals surface area contributed by atoms with Crippen molar-refractivity contribution in [3.05, 3.63) is 39.4 Å². The predicted molar refractivity (Wildman–Crippen MR) is 78.8 cm³/mol. The van der Waals surface area contributed by atoms with E-state index in [1.807, 2.05) is 0 Å². The molecule has 0 bridgehead atoms. The molecule has 3 nitrogen and oxygen atoms in total. The summed E-state index contributed by atoms with van der Waals surface area (Å²) in [7, 11) is 0. The quantitative estimate of drug-likeness (QED) is 0.455. The predicted octanol–water partition coefficient (Wildman–Crippen LogP) is 4.88. The third-order valence-electron chi connectivity index (χ3n) is 2.80. The number of carbonyl (C=O) groups is 1. The van der Waals surface area contributed by atoms with Crippen LogP contribution in [0.4, 0.5) is 13.2 Å². The zero-order valence-corrected chi connectivity index (χ0v) is 13.6. The average Bonchev–Trinajstić information content (AvgIpc) is 2.37. The summed E-state index contributed by atoms with van der Waals surface area (Å²) in [6, 6.07) is 4.58. The average molecular weight is 376 g/mol. The van der Waals surface area contributed by atoms with Gasteiger partial charge in [0.15, 0.2) is 5.78 Å². The lowest BCUT2D eigenvalue weighted by Crippen LogP contribution is -2.23. The number of ketones is 1. The highest BCUT2D eigenvalue weighted by Crippen LogP contribution is 2.37. The molecule has 0 unspecified atom stereocenters. The molecule has 0 amide bonds. The van der Waals surface area contributed by atoms with Crippen molar-refractivity contribution in [2.45, 2.75) is 26.9 Å². The van der Waals surface area contributed by atoms with Crippen molar-refractivity contribution >= 4 is 27.5 Å². The van der Waals surface area contributed by atoms with Gasteiger partial charge in [0.1, 0.15) is 17.4 Å². The summed E-state index contributed by atoms with van der Waals surface area (Å²) in [5, 5.41) is 19.1. The number of nitrogens with zero attached hydrogens (tertiary/aromatic N) is 1. The monoisotopic (exact) mass is 375 g/mol. The van der Waals surface area contributed by atoms with E-state index < -0.39 is 39.8 Å². The number of benzene rings is 1. The van der Waals surface area contributed by atoms with Crippen LogP contribution >= 0.6 is 15.9 Å². The molecule has 0 radical (unpaired) electrons. The molecule has 1 N–H and O–H groups in total. The van der Waals surface area contributed by atoms with Crippen LogP contribution in [-0.4, -0.2) is 10.9 Å². The molecule has 0 fully saturated rings. The highest BCUT2D eigenvalue weighted by Gasteiger charge is 2.36. The molecule has 1 aromatic rings. The molecule has 118 valence electrons. The minimum Gasteiger partial charge on any atom is -0.506 e. The second-order valence-corrected chi connectivity index (χ2v) is 6.52. The fourth-order valence-electron chi connectivity index (χ4n) is 1.68. The molecule has 1 aromatic carbocycles. The zero-order valence-electron chi connectivity index (χ0n) is 12.0. The number of nitriles is 1. The van der Waals surface area contributed by atoms with E-state index in [9.17, 15) is 23.1 Å². The van der Waals surface area contributed by atoms with Crippen LogP contribution in [0.25, 0.3) is 5.76 Å². The molecule has 0 saturated heterocycles. The molecule has 0 spiro atoms. The summed E-state index contributed by atoms with van der Waals surface area (Å²) in [6.45, 7) is 4.52. The fraction of sp³-hybridized carbons (Fsp3) is 0.333. The van der Waals surface area contributed by atoms with E-state index in [1.165, 1.54) is 32.9 Å². The number of aliphatic hydroxyl groups is 1. The summed E-state index contributed by atoms with van der Waals surface area (Å²) in [4.78, 5) is 12.1. The number of halogens is 4. The van der Waals surface area contributed by atoms with Crippen LogP contribution in [0.5, 0.6) is 0 Å². The summed E-state index contributed by atoms with van der Waals surface area (Å²) in [5.41, 5.74) is -3.44. The van der Waals surface area contributed by atoms with Crippen molar-refractivity contribution in [1.29, 1.82) is 5.26 Å². The standard InChI is InChI=1S/C15H13BrF3NO2/c1-14(2,3)13(22)10(7-20)12(21)9-5-4-8(16)6-11(9)15(17,18)19/h4-6,21H,1-3H3/b12-10-. The second-order valence-electron chi connectivity index (χ2n) is 5.60. The molecule has 0 aliphatic heterocycles. The topological polar surface area (TPSA) is 61.1 Å². The molecule has 0 aliphatic rings. The second kappa shape index (κ2) is 6.13. The summed E-state index contributed by atoms with van der Waals surface area (Å²) < 4.78 is 39.4. The van der Waals surface area contributed by atoms with Gasteiger partial charge < -0.3 is 5.11 Å². The van der Waals surface area contributed by atoms with Gasteiger partial charge >= 0.3 is 6.18 Å². The Hall–Kier alpha value is -1.81. The lowest BCUT2D eigenvalue weighted by molar-refractivity contribution is -0.138. The number of alkyl halides is 3. The normalized spacial score (nSPS) is 13.4. The van der Waals surface area contributed by atoms with Crippen LogP contribution in [0.3, 0.4) is 0 Å². The summed E-state index contributed by atoms with van der Waals surface area (Å²) >= 11 is 2.92. The van der Waals surface area contributed by atoms with Gasteiger partial charge in [-0.3, -0.25) is 4.79 Å². The number of carbonyl (C=O) groups excluding carboxylic acids is 1. The van der Waals surface area contributed by atoms with Gasteiger partial charge in [-0.05, 0) is 18.2 Å². The smallest absolute Gasteiger partial charge is 0.417 e. The maximum atomic E-state index is 13.1. The van der Waals surface area contributed by atoms with E-state index in [1.54, 1.807) is 0 Å². The van der Waals surface area contributed by atoms with Crippen molar-refractivity contribution in [1.82, 2.24) is 0 Å². The molecular weight excluding hydrogens is 363 g/mol. The van der Waals surface area contributed by atoms with Gasteiger partial charge in [0, 0.05) is 15.5 Å². The number of hydrogen-bond donors (Lipinski definition) is 1. The largest absolute Gasteiger partial charge is 0.506 e. The Morgan fingerprint density at radius 2 is 1.82 bits per heavy atom. The third-order valence-corrected chi connectivity index (χ3v) is 3.29. The highest BCUT2D eigenvalue weighted by atomic mass is 79.9. The third kappa shape index (κ3) is 3.89. The number of aliphatic hydroxyl groups excluding tert-OH is 1. The van der Waals surface area contributed by atoms with Gasteiger partial charge in [-0.25, -0.2) is 0 Å². The highest BCUT2D eigenvalue weighted by molar-refractivity contribution is 9.10. The van der Waals surface area contributed by atoms with Crippen LogP contribution in [-0.2, 0) is 11.0 Å². The van der Waals surface area contributed by atoms with E-state index in [-0.39, 0.29) is 4.47 Å². The SMILES string of the molecule is CC(C)(C)C(=O)/C(C#N)=C(\O)c1ccc(Br)cc1C(F)(F)F. The van der Waals surface area contributed by atoms with E-state index in [4.69, 9.17) is 5.26 Å². The van der Waals surface area contributed by atoms with Crippen molar-refractivity contribution in [2.24, 2.45) is 5.41 Å². The van der Waals surface area contributed by atoms with Crippen LogP contribution in [0.2, 0.25) is 0 Å². The van der Waals surface area contributed by atoms with Gasteiger partial charge in [-0.2, -0.15) is 18.4 Å². The first-order valence-electron chi connectivity index (χ1n) is 6.15. The molecule has 0 aliphatic carbocycles. The van der Waals surface area contributed by atoms with Crippen LogP contribution in [0.15, 0.2) is 28.2 Å². The lowest BCUT2D eigenvalue weighted by atomic mass is 9.85. The first kappa shape index (κ1) is 18.2. The summed E-state index contributed by atoms with van der Waals surface area (Å²) in [5.74, 6) is -1.70. The van der Waals surface area contributed by atoms with E-state index in [0.717, 1.165) is 12.1 Å². The van der Waals surface area contributed by atoms with Gasteiger partial charge in [-0.1, -0.05) is 36.7 Å². The van der Waals surface area contributed by atoms with Crippen LogP contribution in [0.1, 0.15) is 31.9 Å². The van der Waals surface area contributed by atoms with Gasteiger partial charge in [0.25, 0.3) is 0 Å². The molecular formula is C15H13BrF3NO2. The molecule has 0 aromatic heterocycles. The first-order valence-corrected chi connectivity index (χ1v) is 6.94. The minimum absolute atomic E-state index is 0.164. The molecule has 7 heteroatoms. The maximum Gasteiger partial charge on any atom is 0.417 e. The molecule has 0 atom stereocenters. The van der Waals surface area contributed by atoms with Crippen molar-refractivity contribution in [3.8, 4) is 6.07 Å². The Morgan fingerprint density at radius 1 is 1.27 bits per heavy atom. The van der Waals surface area contributed by atoms with E-state index in [0.29, 0.717) is 0 Å². The number of Topliss-reactive ketones (excluding diaryl/α,β-unsaturated/α-hetero) is 1. The van der Waals surface area contributed by atoms with Crippen molar-refractivity contribution in [3.63, 3.8) is 0 Å². The van der Waals surface area contributed by atoms with Gasteiger partial charge in [-0.15, -0.1) is 0 Å². The first-order chi connectivity index (χ1) is 9.89. The Labute approximate surface area is 134 Å².